The number of nitrogens with zero attached hydrogens (tertiary/aromatic N) is 1. The van der Waals surface area contributed by atoms with E-state index in [1.807, 2.05) is 0 Å². The molecule has 0 spiro atoms. The Morgan fingerprint density at radius 2 is 2.25 bits per heavy atom. The van der Waals surface area contributed by atoms with Gasteiger partial charge in [0.05, 0.1) is 25.0 Å². The summed E-state index contributed by atoms with van der Waals surface area (Å²) in [5, 5.41) is 10.2. The van der Waals surface area contributed by atoms with Gasteiger partial charge in [-0.2, -0.15) is 0 Å². The Bertz CT molecular complexity index is 260. The zero-order valence-corrected chi connectivity index (χ0v) is 8.90. The molecule has 0 atom stereocenters. The van der Waals surface area contributed by atoms with Gasteiger partial charge in [-0.3, -0.25) is 4.98 Å². The second-order valence-electron chi connectivity index (χ2n) is 1.87. The van der Waals surface area contributed by atoms with Crippen LogP contribution in [0.15, 0.2) is 18.3 Å². The molecule has 0 aliphatic rings. The van der Waals surface area contributed by atoms with Crippen molar-refractivity contribution in [1.82, 2.24) is 4.98 Å². The maximum absolute atomic E-state index is 10.2. The van der Waals surface area contributed by atoms with Gasteiger partial charge in [0.1, 0.15) is 5.75 Å². The molecule has 0 radical (unpaired) electrons. The Morgan fingerprint density at radius 3 is 2.58 bits per heavy atom. The average molecular weight is 175 g/mol. The molecule has 0 aliphatic heterocycles. The minimum Gasteiger partial charge on any atom is -0.543 e. The van der Waals surface area contributed by atoms with Crippen LogP contribution in [0, 0.1) is 0 Å². The Kier molecular flexibility index (Phi) is 4.89. The van der Waals surface area contributed by atoms with E-state index in [-0.39, 0.29) is 35.3 Å². The fraction of sp³-hybridized carbons (Fsp3) is 0.143. The number of aromatic nitrogens is 1. The molecule has 0 aliphatic carbocycles. The first kappa shape index (κ1) is 11.4. The van der Waals surface area contributed by atoms with Gasteiger partial charge in [0, 0.05) is 0 Å². The maximum Gasteiger partial charge on any atom is 1.00 e. The van der Waals surface area contributed by atoms with Gasteiger partial charge in [-0.1, -0.05) is 0 Å². The van der Waals surface area contributed by atoms with Gasteiger partial charge < -0.3 is 14.6 Å². The van der Waals surface area contributed by atoms with Gasteiger partial charge in [0.2, 0.25) is 0 Å². The third kappa shape index (κ3) is 2.81. The van der Waals surface area contributed by atoms with Crippen molar-refractivity contribution in [2.24, 2.45) is 0 Å². The zero-order valence-electron chi connectivity index (χ0n) is 6.90. The molecular formula is C7H6NNaO3. The van der Waals surface area contributed by atoms with Crippen molar-refractivity contribution in [1.29, 1.82) is 0 Å². The predicted octanol–water partition coefficient (Wildman–Crippen LogP) is -3.54. The van der Waals surface area contributed by atoms with Crippen LogP contribution in [0.3, 0.4) is 0 Å². The number of pyridine rings is 1. The zero-order chi connectivity index (χ0) is 8.27. The second-order valence-corrected chi connectivity index (χ2v) is 1.87. The number of rotatable bonds is 2. The quantitative estimate of drug-likeness (QED) is 0.437. The maximum atomic E-state index is 10.2. The Hall–Kier alpha value is -0.580. The van der Waals surface area contributed by atoms with Crippen molar-refractivity contribution in [2.45, 2.75) is 0 Å². The minimum absolute atomic E-state index is 0. The molecule has 12 heavy (non-hydrogen) atoms. The van der Waals surface area contributed by atoms with Crippen LogP contribution in [0.25, 0.3) is 0 Å². The molecule has 0 fully saturated rings. The van der Waals surface area contributed by atoms with E-state index in [4.69, 9.17) is 4.74 Å². The number of carbonyl (C=O) groups excluding carboxylic acids is 1. The molecule has 0 aromatic carbocycles. The molecule has 0 unspecified atom stereocenters. The van der Waals surface area contributed by atoms with Gasteiger partial charge in [-0.15, -0.1) is 0 Å². The number of hydrogen-bond acceptors (Lipinski definition) is 4. The summed E-state index contributed by atoms with van der Waals surface area (Å²) in [4.78, 5) is 13.7. The van der Waals surface area contributed by atoms with Crippen LogP contribution in [0.5, 0.6) is 5.75 Å². The molecule has 0 bridgehead atoms. The fourth-order valence-electron chi connectivity index (χ4n) is 0.622. The van der Waals surface area contributed by atoms with Crippen LogP contribution in [-0.2, 0) is 0 Å². The number of aromatic carboxylic acids is 1. The van der Waals surface area contributed by atoms with E-state index in [9.17, 15) is 9.90 Å². The summed E-state index contributed by atoms with van der Waals surface area (Å²) in [7, 11) is 1.48. The molecule has 1 aromatic heterocycles. The average Bonchev–Trinajstić information content (AvgIpc) is 2.05. The molecule has 58 valence electrons. The summed E-state index contributed by atoms with van der Waals surface area (Å²) in [6.45, 7) is 0. The fourth-order valence-corrected chi connectivity index (χ4v) is 0.622. The SMILES string of the molecule is COc1ccc(C(=O)[O-])nc1.[Na+]. The number of carboxylic acids is 1. The monoisotopic (exact) mass is 175 g/mol. The van der Waals surface area contributed by atoms with E-state index in [2.05, 4.69) is 4.98 Å². The summed E-state index contributed by atoms with van der Waals surface area (Å²) in [5.74, 6) is -0.761. The van der Waals surface area contributed by atoms with Crippen molar-refractivity contribution >= 4 is 5.97 Å². The van der Waals surface area contributed by atoms with Crippen molar-refractivity contribution in [3.8, 4) is 5.75 Å². The molecule has 0 saturated carbocycles. The van der Waals surface area contributed by atoms with Crippen LogP contribution in [0.1, 0.15) is 10.5 Å². The second kappa shape index (κ2) is 5.13. The number of hydrogen-bond donors (Lipinski definition) is 0. The van der Waals surface area contributed by atoms with Crippen LogP contribution in [-0.4, -0.2) is 18.1 Å². The van der Waals surface area contributed by atoms with E-state index >= 15 is 0 Å². The summed E-state index contributed by atoms with van der Waals surface area (Å²) in [5.41, 5.74) is -0.0919. The van der Waals surface area contributed by atoms with Gasteiger partial charge >= 0.3 is 29.6 Å². The first-order valence-corrected chi connectivity index (χ1v) is 2.95. The van der Waals surface area contributed by atoms with Crippen molar-refractivity contribution < 1.29 is 44.2 Å². The predicted molar refractivity (Wildman–Crippen MR) is 35.1 cm³/mol. The summed E-state index contributed by atoms with van der Waals surface area (Å²) in [6.07, 6.45) is 1.32. The topological polar surface area (TPSA) is 62.2 Å². The number of ether oxygens (including phenoxy) is 1. The van der Waals surface area contributed by atoms with E-state index in [1.165, 1.54) is 25.4 Å². The van der Waals surface area contributed by atoms with E-state index < -0.39 is 5.97 Å². The first-order valence-electron chi connectivity index (χ1n) is 2.95. The summed E-state index contributed by atoms with van der Waals surface area (Å²) < 4.78 is 4.77. The third-order valence-corrected chi connectivity index (χ3v) is 1.18. The van der Waals surface area contributed by atoms with Crippen molar-refractivity contribution in [3.05, 3.63) is 24.0 Å². The standard InChI is InChI=1S/C7H7NO3.Na/c1-11-5-2-3-6(7(9)10)8-4-5;/h2-4H,1H3,(H,9,10);/q;+1/p-1. The van der Waals surface area contributed by atoms with Gasteiger partial charge in [0.25, 0.3) is 0 Å². The smallest absolute Gasteiger partial charge is 0.543 e. The first-order chi connectivity index (χ1) is 5.24. The molecule has 5 heteroatoms. The van der Waals surface area contributed by atoms with Crippen LogP contribution in [0.4, 0.5) is 0 Å². The van der Waals surface area contributed by atoms with Gasteiger partial charge in [0.15, 0.2) is 0 Å². The summed E-state index contributed by atoms with van der Waals surface area (Å²) in [6, 6.07) is 2.84. The number of methoxy groups -OCH3 is 1. The van der Waals surface area contributed by atoms with E-state index in [0.29, 0.717) is 5.75 Å². The molecule has 1 rings (SSSR count). The molecule has 0 saturated heterocycles. The molecule has 1 heterocycles. The van der Waals surface area contributed by atoms with Crippen LogP contribution < -0.4 is 39.4 Å². The summed E-state index contributed by atoms with van der Waals surface area (Å²) >= 11 is 0. The minimum atomic E-state index is -1.28. The van der Waals surface area contributed by atoms with Crippen LogP contribution in [0.2, 0.25) is 0 Å². The van der Waals surface area contributed by atoms with E-state index in [1.54, 1.807) is 0 Å². The third-order valence-electron chi connectivity index (χ3n) is 1.18. The normalized spacial score (nSPS) is 8.42. The Morgan fingerprint density at radius 1 is 1.58 bits per heavy atom. The number of carbonyl (C=O) groups is 1. The van der Waals surface area contributed by atoms with E-state index in [0.717, 1.165) is 0 Å². The number of carboxylic acid groups (broad SMARTS) is 1. The molecular weight excluding hydrogens is 169 g/mol. The Labute approximate surface area is 91.9 Å². The molecule has 0 N–H and O–H groups in total. The molecule has 0 amide bonds. The Balaban J connectivity index is 0.00000121. The molecule has 4 nitrogen and oxygen atoms in total. The van der Waals surface area contributed by atoms with Crippen LogP contribution >= 0.6 is 0 Å². The van der Waals surface area contributed by atoms with Gasteiger partial charge in [-0.05, 0) is 12.1 Å². The molecule has 1 aromatic rings. The van der Waals surface area contributed by atoms with Crippen molar-refractivity contribution in [3.63, 3.8) is 0 Å². The largest absolute Gasteiger partial charge is 1.00 e. The van der Waals surface area contributed by atoms with Crippen molar-refractivity contribution in [2.75, 3.05) is 7.11 Å². The van der Waals surface area contributed by atoms with Gasteiger partial charge in [-0.25, -0.2) is 0 Å².